The van der Waals surface area contributed by atoms with Crippen LogP contribution in [0.3, 0.4) is 0 Å². The zero-order chi connectivity index (χ0) is 21.3. The van der Waals surface area contributed by atoms with Gasteiger partial charge in [0.25, 0.3) is 0 Å². The van der Waals surface area contributed by atoms with E-state index < -0.39 is 5.82 Å². The number of nitrogens with two attached hydrogens (primary N) is 1. The van der Waals surface area contributed by atoms with Crippen LogP contribution < -0.4 is 25.8 Å². The summed E-state index contributed by atoms with van der Waals surface area (Å²) in [5, 5.41) is 6.51. The number of halogens is 3. The molecule has 1 aliphatic heterocycles. The van der Waals surface area contributed by atoms with Gasteiger partial charge in [-0.2, -0.15) is 4.98 Å². The van der Waals surface area contributed by atoms with Gasteiger partial charge in [0, 0.05) is 16.9 Å². The highest BCUT2D eigenvalue weighted by Gasteiger charge is 2.16. The molecule has 0 spiro atoms. The summed E-state index contributed by atoms with van der Waals surface area (Å²) in [4.78, 5) is 8.15. The van der Waals surface area contributed by atoms with Crippen LogP contribution in [0.5, 0.6) is 11.5 Å². The molecule has 0 aliphatic carbocycles. The van der Waals surface area contributed by atoms with E-state index in [0.717, 1.165) is 11.8 Å². The lowest BCUT2D eigenvalue weighted by atomic mass is 10.0. The standard InChI is InChI=1S/C20H16Cl2FN5O2/c1-29-18-13(21)7-11(8-14(18)22)27-20-25-9-15(23)19(28-20)26-10-2-3-17-12(6-10)16(24)4-5-30-17/h2-9,16H,24H2,1H3,(H2,25,26,27,28). The number of rotatable bonds is 5. The summed E-state index contributed by atoms with van der Waals surface area (Å²) in [6.07, 6.45) is 4.32. The molecule has 0 radical (unpaired) electrons. The van der Waals surface area contributed by atoms with E-state index in [0.29, 0.717) is 32.9 Å². The second-order valence-electron chi connectivity index (χ2n) is 6.34. The number of fused-ring (bicyclic) bond motifs is 1. The Labute approximate surface area is 181 Å². The quantitative estimate of drug-likeness (QED) is 0.486. The summed E-state index contributed by atoms with van der Waals surface area (Å²) in [6, 6.07) is 8.16. The first-order valence-electron chi connectivity index (χ1n) is 8.77. The highest BCUT2D eigenvalue weighted by molar-refractivity contribution is 6.37. The Morgan fingerprint density at radius 1 is 1.13 bits per heavy atom. The molecule has 1 atom stereocenters. The fourth-order valence-corrected chi connectivity index (χ4v) is 3.54. The fraction of sp³-hybridized carbons (Fsp3) is 0.100. The van der Waals surface area contributed by atoms with Crippen LogP contribution in [-0.4, -0.2) is 17.1 Å². The fourth-order valence-electron chi connectivity index (χ4n) is 2.90. The van der Waals surface area contributed by atoms with E-state index >= 15 is 0 Å². The molecule has 2 aromatic carbocycles. The number of aromatic nitrogens is 2. The number of nitrogens with one attached hydrogen (secondary N) is 2. The van der Waals surface area contributed by atoms with Gasteiger partial charge < -0.3 is 25.8 Å². The largest absolute Gasteiger partial charge is 0.494 e. The number of benzene rings is 2. The number of methoxy groups -OCH3 is 1. The van der Waals surface area contributed by atoms with Gasteiger partial charge in [-0.15, -0.1) is 0 Å². The number of hydrogen-bond acceptors (Lipinski definition) is 7. The first-order chi connectivity index (χ1) is 14.4. The molecule has 0 fully saturated rings. The molecular weight excluding hydrogens is 432 g/mol. The van der Waals surface area contributed by atoms with Gasteiger partial charge in [0.05, 0.1) is 35.7 Å². The van der Waals surface area contributed by atoms with Crippen LogP contribution in [0, 0.1) is 5.82 Å². The molecule has 7 nitrogen and oxygen atoms in total. The summed E-state index contributed by atoms with van der Waals surface area (Å²) >= 11 is 12.3. The molecule has 3 aromatic rings. The molecule has 0 bridgehead atoms. The number of anilines is 4. The van der Waals surface area contributed by atoms with Crippen molar-refractivity contribution >= 4 is 46.3 Å². The van der Waals surface area contributed by atoms with Crippen molar-refractivity contribution in [3.63, 3.8) is 0 Å². The SMILES string of the molecule is COc1c(Cl)cc(Nc2ncc(F)c(Nc3ccc4c(c3)C(N)C=CO4)n2)cc1Cl. The number of ether oxygens (including phenoxy) is 2. The lowest BCUT2D eigenvalue weighted by Crippen LogP contribution is -2.12. The molecule has 30 heavy (non-hydrogen) atoms. The third kappa shape index (κ3) is 4.11. The Kier molecular flexibility index (Phi) is 5.63. The zero-order valence-corrected chi connectivity index (χ0v) is 17.1. The highest BCUT2D eigenvalue weighted by Crippen LogP contribution is 2.36. The van der Waals surface area contributed by atoms with Crippen molar-refractivity contribution in [1.82, 2.24) is 9.97 Å². The van der Waals surface area contributed by atoms with E-state index in [1.54, 1.807) is 42.7 Å². The predicted molar refractivity (Wildman–Crippen MR) is 115 cm³/mol. The summed E-state index contributed by atoms with van der Waals surface area (Å²) in [5.41, 5.74) is 7.95. The van der Waals surface area contributed by atoms with Gasteiger partial charge in [-0.25, -0.2) is 9.37 Å². The summed E-state index contributed by atoms with van der Waals surface area (Å²) < 4.78 is 24.8. The lowest BCUT2D eigenvalue weighted by Gasteiger charge is -2.18. The zero-order valence-electron chi connectivity index (χ0n) is 15.6. The van der Waals surface area contributed by atoms with Gasteiger partial charge in [0.2, 0.25) is 5.95 Å². The Morgan fingerprint density at radius 3 is 2.63 bits per heavy atom. The van der Waals surface area contributed by atoms with Gasteiger partial charge in [-0.1, -0.05) is 23.2 Å². The molecule has 1 aromatic heterocycles. The van der Waals surface area contributed by atoms with Crippen LogP contribution in [0.25, 0.3) is 0 Å². The normalized spacial score (nSPS) is 14.6. The topological polar surface area (TPSA) is 94.3 Å². The third-order valence-corrected chi connectivity index (χ3v) is 4.88. The minimum absolute atomic E-state index is 0.0148. The number of nitrogens with zero attached hydrogens (tertiary/aromatic N) is 2. The van der Waals surface area contributed by atoms with E-state index in [4.69, 9.17) is 38.4 Å². The molecule has 0 amide bonds. The highest BCUT2D eigenvalue weighted by atomic mass is 35.5. The van der Waals surface area contributed by atoms with Crippen LogP contribution in [0.15, 0.2) is 48.9 Å². The smallest absolute Gasteiger partial charge is 0.229 e. The Hall–Kier alpha value is -3.07. The van der Waals surface area contributed by atoms with E-state index in [-0.39, 0.29) is 17.8 Å². The Bertz CT molecular complexity index is 1120. The molecule has 1 aliphatic rings. The Balaban J connectivity index is 1.58. The monoisotopic (exact) mass is 447 g/mol. The second-order valence-corrected chi connectivity index (χ2v) is 7.15. The maximum absolute atomic E-state index is 14.3. The van der Waals surface area contributed by atoms with E-state index in [2.05, 4.69) is 20.6 Å². The Morgan fingerprint density at radius 2 is 1.90 bits per heavy atom. The minimum Gasteiger partial charge on any atom is -0.494 e. The minimum atomic E-state index is -0.621. The summed E-state index contributed by atoms with van der Waals surface area (Å²) in [5.74, 6) is 0.519. The maximum atomic E-state index is 14.3. The molecule has 154 valence electrons. The summed E-state index contributed by atoms with van der Waals surface area (Å²) in [6.45, 7) is 0. The first kappa shape index (κ1) is 20.2. The van der Waals surface area contributed by atoms with Gasteiger partial charge in [0.15, 0.2) is 17.4 Å². The van der Waals surface area contributed by atoms with E-state index in [1.165, 1.54) is 7.11 Å². The van der Waals surface area contributed by atoms with Gasteiger partial charge >= 0.3 is 0 Å². The van der Waals surface area contributed by atoms with Crippen molar-refractivity contribution < 1.29 is 13.9 Å². The van der Waals surface area contributed by atoms with Crippen LogP contribution >= 0.6 is 23.2 Å². The molecule has 2 heterocycles. The van der Waals surface area contributed by atoms with Crippen molar-refractivity contribution in [2.75, 3.05) is 17.7 Å². The average molecular weight is 448 g/mol. The molecule has 1 unspecified atom stereocenters. The maximum Gasteiger partial charge on any atom is 0.229 e. The van der Waals surface area contributed by atoms with Crippen molar-refractivity contribution in [3.05, 3.63) is 70.3 Å². The molecule has 10 heteroatoms. The van der Waals surface area contributed by atoms with Crippen molar-refractivity contribution in [3.8, 4) is 11.5 Å². The predicted octanol–water partition coefficient (Wildman–Crippen LogP) is 5.32. The third-order valence-electron chi connectivity index (χ3n) is 4.32. The van der Waals surface area contributed by atoms with Crippen LogP contribution in [-0.2, 0) is 0 Å². The molecular formula is C20H16Cl2FN5O2. The van der Waals surface area contributed by atoms with E-state index in [1.807, 2.05) is 0 Å². The van der Waals surface area contributed by atoms with E-state index in [9.17, 15) is 4.39 Å². The van der Waals surface area contributed by atoms with Crippen LogP contribution in [0.2, 0.25) is 10.0 Å². The van der Waals surface area contributed by atoms with Crippen molar-refractivity contribution in [2.24, 2.45) is 5.73 Å². The number of hydrogen-bond donors (Lipinski definition) is 3. The lowest BCUT2D eigenvalue weighted by molar-refractivity contribution is 0.415. The van der Waals surface area contributed by atoms with Crippen LogP contribution in [0.4, 0.5) is 27.5 Å². The van der Waals surface area contributed by atoms with Crippen molar-refractivity contribution in [2.45, 2.75) is 6.04 Å². The van der Waals surface area contributed by atoms with Gasteiger partial charge in [-0.3, -0.25) is 0 Å². The molecule has 0 saturated carbocycles. The first-order valence-corrected chi connectivity index (χ1v) is 9.52. The van der Waals surface area contributed by atoms with Gasteiger partial charge in [-0.05, 0) is 36.4 Å². The molecule has 0 saturated heterocycles. The van der Waals surface area contributed by atoms with Crippen molar-refractivity contribution in [1.29, 1.82) is 0 Å². The van der Waals surface area contributed by atoms with Gasteiger partial charge in [0.1, 0.15) is 5.75 Å². The molecule has 4 N–H and O–H groups in total. The summed E-state index contributed by atoms with van der Waals surface area (Å²) in [7, 11) is 1.47. The molecule has 4 rings (SSSR count). The van der Waals surface area contributed by atoms with Crippen LogP contribution in [0.1, 0.15) is 11.6 Å². The second kappa shape index (κ2) is 8.35. The average Bonchev–Trinajstić information content (AvgIpc) is 2.71.